The van der Waals surface area contributed by atoms with E-state index < -0.39 is 0 Å². The summed E-state index contributed by atoms with van der Waals surface area (Å²) < 4.78 is 0. The lowest BCUT2D eigenvalue weighted by molar-refractivity contribution is 0.184. The first kappa shape index (κ1) is 12.6. The summed E-state index contributed by atoms with van der Waals surface area (Å²) in [6, 6.07) is 5.34. The first-order chi connectivity index (χ1) is 8.86. The Labute approximate surface area is 114 Å². The number of hydrogen-bond acceptors (Lipinski definition) is 3. The molecule has 2 heterocycles. The Kier molecular flexibility index (Phi) is 4.02. The first-order valence-corrected chi connectivity index (χ1v) is 8.20. The van der Waals surface area contributed by atoms with Crippen molar-refractivity contribution in [2.45, 2.75) is 57.7 Å². The van der Waals surface area contributed by atoms with Crippen LogP contribution < -0.4 is 5.73 Å². The smallest absolute Gasteiger partial charge is 0.0331 e. The topological polar surface area (TPSA) is 29.3 Å². The van der Waals surface area contributed by atoms with E-state index >= 15 is 0 Å². The maximum absolute atomic E-state index is 5.69. The van der Waals surface area contributed by atoms with Gasteiger partial charge in [-0.2, -0.15) is 0 Å². The van der Waals surface area contributed by atoms with E-state index in [2.05, 4.69) is 17.0 Å². The third-order valence-corrected chi connectivity index (χ3v) is 5.73. The predicted molar refractivity (Wildman–Crippen MR) is 77.6 cm³/mol. The highest BCUT2D eigenvalue weighted by atomic mass is 32.1. The Balaban J connectivity index is 1.63. The molecule has 0 amide bonds. The van der Waals surface area contributed by atoms with E-state index in [0.29, 0.717) is 6.54 Å². The fraction of sp³-hybridized carbons (Fsp3) is 0.733. The van der Waals surface area contributed by atoms with Gasteiger partial charge < -0.3 is 5.73 Å². The molecule has 2 N–H and O–H groups in total. The van der Waals surface area contributed by atoms with Crippen LogP contribution in [-0.2, 0) is 13.1 Å². The molecule has 2 nitrogen and oxygen atoms in total. The maximum Gasteiger partial charge on any atom is 0.0331 e. The molecule has 1 atom stereocenters. The molecule has 0 spiro atoms. The van der Waals surface area contributed by atoms with Crippen molar-refractivity contribution >= 4 is 11.3 Å². The number of nitrogens with zero attached hydrogens (tertiary/aromatic N) is 1. The van der Waals surface area contributed by atoms with E-state index in [-0.39, 0.29) is 0 Å². The first-order valence-electron chi connectivity index (χ1n) is 7.38. The summed E-state index contributed by atoms with van der Waals surface area (Å²) in [5.41, 5.74) is 5.69. The minimum absolute atomic E-state index is 0.691. The molecule has 0 bridgehead atoms. The monoisotopic (exact) mass is 264 g/mol. The summed E-state index contributed by atoms with van der Waals surface area (Å²) >= 11 is 1.90. The molecule has 100 valence electrons. The van der Waals surface area contributed by atoms with E-state index in [1.165, 1.54) is 54.8 Å². The number of thiophene rings is 1. The van der Waals surface area contributed by atoms with Gasteiger partial charge >= 0.3 is 0 Å². The fourth-order valence-corrected chi connectivity index (χ4v) is 4.66. The third-order valence-electron chi connectivity index (χ3n) is 4.64. The van der Waals surface area contributed by atoms with Crippen LogP contribution in [0.5, 0.6) is 0 Å². The second-order valence-corrected chi connectivity index (χ2v) is 7.05. The average molecular weight is 264 g/mol. The van der Waals surface area contributed by atoms with Crippen LogP contribution in [0.4, 0.5) is 0 Å². The molecule has 2 fully saturated rings. The lowest BCUT2D eigenvalue weighted by atomic mass is 9.96. The van der Waals surface area contributed by atoms with Gasteiger partial charge in [0, 0.05) is 28.9 Å². The molecule has 1 aliphatic heterocycles. The molecule has 1 saturated heterocycles. The van der Waals surface area contributed by atoms with Gasteiger partial charge in [-0.1, -0.05) is 12.8 Å². The molecule has 1 saturated carbocycles. The molecule has 0 radical (unpaired) electrons. The Morgan fingerprint density at radius 3 is 2.61 bits per heavy atom. The summed E-state index contributed by atoms with van der Waals surface area (Å²) in [5.74, 6) is 0.987. The van der Waals surface area contributed by atoms with Crippen molar-refractivity contribution < 1.29 is 0 Å². The Morgan fingerprint density at radius 2 is 1.89 bits per heavy atom. The van der Waals surface area contributed by atoms with Gasteiger partial charge in [-0.3, -0.25) is 4.90 Å². The highest BCUT2D eigenvalue weighted by Crippen LogP contribution is 2.36. The van der Waals surface area contributed by atoms with Crippen molar-refractivity contribution in [3.63, 3.8) is 0 Å². The lowest BCUT2D eigenvalue weighted by Crippen LogP contribution is -2.33. The standard InChI is InChI=1S/C15H24N2S/c16-10-13-7-8-14(18-13)11-17-9-3-6-15(17)12-4-1-2-5-12/h7-8,12,15H,1-6,9-11,16H2. The zero-order valence-electron chi connectivity index (χ0n) is 11.1. The lowest BCUT2D eigenvalue weighted by Gasteiger charge is -2.28. The van der Waals surface area contributed by atoms with Crippen LogP contribution in [0, 0.1) is 5.92 Å². The number of likely N-dealkylation sites (tertiary alicyclic amines) is 1. The van der Waals surface area contributed by atoms with Crippen molar-refractivity contribution in [2.75, 3.05) is 6.54 Å². The van der Waals surface area contributed by atoms with Crippen LogP contribution >= 0.6 is 11.3 Å². The molecular weight excluding hydrogens is 240 g/mol. The highest BCUT2D eigenvalue weighted by molar-refractivity contribution is 7.11. The van der Waals surface area contributed by atoms with Gasteiger partial charge in [0.1, 0.15) is 0 Å². The zero-order chi connectivity index (χ0) is 12.4. The average Bonchev–Trinajstić information content (AvgIpc) is 3.09. The minimum atomic E-state index is 0.691. The van der Waals surface area contributed by atoms with Crippen molar-refractivity contribution in [3.05, 3.63) is 21.9 Å². The molecule has 1 unspecified atom stereocenters. The van der Waals surface area contributed by atoms with Crippen LogP contribution in [0.2, 0.25) is 0 Å². The minimum Gasteiger partial charge on any atom is -0.326 e. The van der Waals surface area contributed by atoms with Crippen LogP contribution in [0.1, 0.15) is 48.3 Å². The molecule has 3 heteroatoms. The molecule has 0 aromatic carbocycles. The molecule has 1 aliphatic carbocycles. The van der Waals surface area contributed by atoms with Gasteiger partial charge in [-0.25, -0.2) is 0 Å². The van der Waals surface area contributed by atoms with Gasteiger partial charge in [0.15, 0.2) is 0 Å². The van der Waals surface area contributed by atoms with Gasteiger partial charge in [-0.05, 0) is 50.3 Å². The van der Waals surface area contributed by atoms with E-state index in [1.54, 1.807) is 0 Å². The van der Waals surface area contributed by atoms with Crippen LogP contribution in [0.25, 0.3) is 0 Å². The Hall–Kier alpha value is -0.380. The third kappa shape index (κ3) is 2.63. The fourth-order valence-electron chi connectivity index (χ4n) is 3.74. The summed E-state index contributed by atoms with van der Waals surface area (Å²) in [4.78, 5) is 5.56. The number of hydrogen-bond donors (Lipinski definition) is 1. The quantitative estimate of drug-likeness (QED) is 0.903. The number of nitrogens with two attached hydrogens (primary N) is 1. The van der Waals surface area contributed by atoms with E-state index in [9.17, 15) is 0 Å². The van der Waals surface area contributed by atoms with Crippen molar-refractivity contribution in [1.29, 1.82) is 0 Å². The predicted octanol–water partition coefficient (Wildman–Crippen LogP) is 3.36. The van der Waals surface area contributed by atoms with Crippen LogP contribution in [0.3, 0.4) is 0 Å². The second-order valence-electron chi connectivity index (χ2n) is 5.80. The highest BCUT2D eigenvalue weighted by Gasteiger charge is 2.33. The molecule has 18 heavy (non-hydrogen) atoms. The summed E-state index contributed by atoms with van der Waals surface area (Å²) in [6.07, 6.45) is 8.70. The van der Waals surface area contributed by atoms with E-state index in [0.717, 1.165) is 18.5 Å². The molecule has 1 aromatic heterocycles. The second kappa shape index (κ2) is 5.72. The van der Waals surface area contributed by atoms with Crippen molar-refractivity contribution in [1.82, 2.24) is 4.90 Å². The van der Waals surface area contributed by atoms with Gasteiger partial charge in [-0.15, -0.1) is 11.3 Å². The summed E-state index contributed by atoms with van der Waals surface area (Å²) in [7, 11) is 0. The van der Waals surface area contributed by atoms with Crippen LogP contribution in [-0.4, -0.2) is 17.5 Å². The van der Waals surface area contributed by atoms with E-state index in [4.69, 9.17) is 5.73 Å². The van der Waals surface area contributed by atoms with Crippen LogP contribution in [0.15, 0.2) is 12.1 Å². The number of rotatable bonds is 4. The van der Waals surface area contributed by atoms with Crippen molar-refractivity contribution in [3.8, 4) is 0 Å². The molecule has 1 aromatic rings. The van der Waals surface area contributed by atoms with Gasteiger partial charge in [0.25, 0.3) is 0 Å². The Bertz CT molecular complexity index is 382. The summed E-state index contributed by atoms with van der Waals surface area (Å²) in [6.45, 7) is 3.15. The van der Waals surface area contributed by atoms with E-state index in [1.807, 2.05) is 11.3 Å². The summed E-state index contributed by atoms with van der Waals surface area (Å²) in [5, 5.41) is 0. The maximum atomic E-state index is 5.69. The van der Waals surface area contributed by atoms with Gasteiger partial charge in [0.05, 0.1) is 0 Å². The molecular formula is C15H24N2S. The van der Waals surface area contributed by atoms with Crippen molar-refractivity contribution in [2.24, 2.45) is 11.7 Å². The SMILES string of the molecule is NCc1ccc(CN2CCCC2C2CCCC2)s1. The van der Waals surface area contributed by atoms with Gasteiger partial charge in [0.2, 0.25) is 0 Å². The largest absolute Gasteiger partial charge is 0.326 e. The molecule has 2 aliphatic rings. The Morgan fingerprint density at radius 1 is 1.11 bits per heavy atom. The normalized spacial score (nSPS) is 26.2. The zero-order valence-corrected chi connectivity index (χ0v) is 11.9. The molecule has 3 rings (SSSR count).